The van der Waals surface area contributed by atoms with Crippen molar-refractivity contribution in [2.75, 3.05) is 6.54 Å². The molecular formula is C16H15BrF2IN. The molecular weight excluding hydrogens is 451 g/mol. The first kappa shape index (κ1) is 16.8. The smallest absolute Gasteiger partial charge is 0.126 e. The Morgan fingerprint density at radius 1 is 1.19 bits per heavy atom. The van der Waals surface area contributed by atoms with E-state index in [-0.39, 0.29) is 11.9 Å². The van der Waals surface area contributed by atoms with Gasteiger partial charge in [-0.2, -0.15) is 0 Å². The van der Waals surface area contributed by atoms with Crippen molar-refractivity contribution in [2.45, 2.75) is 19.4 Å². The SMILES string of the molecule is CCNC(Cc1cc(F)ccc1F)c1cc(Br)ccc1I. The van der Waals surface area contributed by atoms with Crippen molar-refractivity contribution in [3.8, 4) is 0 Å². The average molecular weight is 466 g/mol. The van der Waals surface area contributed by atoms with Crippen LogP contribution < -0.4 is 5.32 Å². The van der Waals surface area contributed by atoms with Crippen LogP contribution in [0.1, 0.15) is 24.1 Å². The van der Waals surface area contributed by atoms with E-state index in [4.69, 9.17) is 0 Å². The second-order valence-electron chi connectivity index (χ2n) is 4.72. The molecule has 1 atom stereocenters. The van der Waals surface area contributed by atoms with Gasteiger partial charge in [-0.3, -0.25) is 0 Å². The molecule has 0 radical (unpaired) electrons. The number of hydrogen-bond donors (Lipinski definition) is 1. The van der Waals surface area contributed by atoms with Gasteiger partial charge in [-0.25, -0.2) is 8.78 Å². The average Bonchev–Trinajstić information content (AvgIpc) is 2.45. The lowest BCUT2D eigenvalue weighted by molar-refractivity contribution is 0.520. The van der Waals surface area contributed by atoms with Crippen LogP contribution in [0.5, 0.6) is 0 Å². The minimum Gasteiger partial charge on any atom is -0.310 e. The summed E-state index contributed by atoms with van der Waals surface area (Å²) in [5.74, 6) is -0.783. The molecule has 21 heavy (non-hydrogen) atoms. The van der Waals surface area contributed by atoms with E-state index < -0.39 is 5.82 Å². The van der Waals surface area contributed by atoms with E-state index in [9.17, 15) is 8.78 Å². The Morgan fingerprint density at radius 3 is 2.67 bits per heavy atom. The molecule has 0 amide bonds. The molecule has 2 aromatic rings. The van der Waals surface area contributed by atoms with Crippen molar-refractivity contribution < 1.29 is 8.78 Å². The van der Waals surface area contributed by atoms with E-state index in [0.29, 0.717) is 12.0 Å². The summed E-state index contributed by atoms with van der Waals surface area (Å²) in [6.07, 6.45) is 0.407. The maximum absolute atomic E-state index is 13.9. The molecule has 0 aliphatic rings. The Bertz CT molecular complexity index is 634. The summed E-state index contributed by atoms with van der Waals surface area (Å²) in [4.78, 5) is 0. The fourth-order valence-corrected chi connectivity index (χ4v) is 3.33. The highest BCUT2D eigenvalue weighted by molar-refractivity contribution is 14.1. The van der Waals surface area contributed by atoms with Crippen molar-refractivity contribution in [1.29, 1.82) is 0 Å². The molecule has 0 saturated carbocycles. The molecule has 2 aromatic carbocycles. The number of rotatable bonds is 5. The lowest BCUT2D eigenvalue weighted by Crippen LogP contribution is -2.24. The standard InChI is InChI=1S/C16H15BrF2IN/c1-2-21-16(13-9-11(17)3-6-15(13)20)8-10-7-12(18)4-5-14(10)19/h3-7,9,16,21H,2,8H2,1H3. The Morgan fingerprint density at radius 2 is 1.95 bits per heavy atom. The third kappa shape index (κ3) is 4.47. The van der Waals surface area contributed by atoms with Gasteiger partial charge in [-0.15, -0.1) is 0 Å². The number of halogens is 4. The van der Waals surface area contributed by atoms with Gasteiger partial charge in [0.15, 0.2) is 0 Å². The van der Waals surface area contributed by atoms with Gasteiger partial charge < -0.3 is 5.32 Å². The predicted molar refractivity (Wildman–Crippen MR) is 93.3 cm³/mol. The van der Waals surface area contributed by atoms with Crippen LogP contribution in [0.3, 0.4) is 0 Å². The predicted octanol–water partition coefficient (Wildman–Crippen LogP) is 5.23. The molecule has 5 heteroatoms. The summed E-state index contributed by atoms with van der Waals surface area (Å²) in [6, 6.07) is 9.53. The fourth-order valence-electron chi connectivity index (χ4n) is 2.24. The van der Waals surface area contributed by atoms with Crippen molar-refractivity contribution in [2.24, 2.45) is 0 Å². The van der Waals surface area contributed by atoms with Gasteiger partial charge >= 0.3 is 0 Å². The summed E-state index contributed by atoms with van der Waals surface area (Å²) in [6.45, 7) is 2.75. The highest BCUT2D eigenvalue weighted by Gasteiger charge is 2.17. The molecule has 2 rings (SSSR count). The Hall–Kier alpha value is -0.530. The first-order valence-corrected chi connectivity index (χ1v) is 8.50. The third-order valence-corrected chi connectivity index (χ3v) is 4.69. The lowest BCUT2D eigenvalue weighted by Gasteiger charge is -2.20. The number of nitrogens with one attached hydrogen (secondary N) is 1. The van der Waals surface area contributed by atoms with E-state index >= 15 is 0 Å². The number of benzene rings is 2. The van der Waals surface area contributed by atoms with Crippen molar-refractivity contribution in [1.82, 2.24) is 5.32 Å². The maximum atomic E-state index is 13.9. The highest BCUT2D eigenvalue weighted by atomic mass is 127. The number of likely N-dealkylation sites (N-methyl/N-ethyl adjacent to an activating group) is 1. The van der Waals surface area contributed by atoms with Crippen molar-refractivity contribution in [3.63, 3.8) is 0 Å². The van der Waals surface area contributed by atoms with Gasteiger partial charge in [0.05, 0.1) is 0 Å². The normalized spacial score (nSPS) is 12.4. The quantitative estimate of drug-likeness (QED) is 0.596. The molecule has 1 N–H and O–H groups in total. The van der Waals surface area contributed by atoms with Crippen LogP contribution in [0, 0.1) is 15.2 Å². The Kier molecular flexibility index (Phi) is 6.13. The highest BCUT2D eigenvalue weighted by Crippen LogP contribution is 2.27. The van der Waals surface area contributed by atoms with Crippen molar-refractivity contribution in [3.05, 3.63) is 67.2 Å². The van der Waals surface area contributed by atoms with E-state index in [2.05, 4.69) is 43.8 Å². The molecule has 0 aliphatic carbocycles. The van der Waals surface area contributed by atoms with Crippen LogP contribution in [0.15, 0.2) is 40.9 Å². The topological polar surface area (TPSA) is 12.0 Å². The van der Waals surface area contributed by atoms with E-state index in [0.717, 1.165) is 26.2 Å². The second kappa shape index (κ2) is 7.65. The monoisotopic (exact) mass is 465 g/mol. The molecule has 0 fully saturated rings. The third-order valence-electron chi connectivity index (χ3n) is 3.22. The van der Waals surface area contributed by atoms with Gasteiger partial charge in [0.1, 0.15) is 11.6 Å². The summed E-state index contributed by atoms with van der Waals surface area (Å²) in [7, 11) is 0. The minimum atomic E-state index is -0.411. The van der Waals surface area contributed by atoms with Crippen LogP contribution in [0.4, 0.5) is 8.78 Å². The van der Waals surface area contributed by atoms with Crippen molar-refractivity contribution >= 4 is 38.5 Å². The molecule has 0 aromatic heterocycles. The molecule has 1 nitrogen and oxygen atoms in total. The molecule has 0 spiro atoms. The van der Waals surface area contributed by atoms with E-state index in [1.807, 2.05) is 25.1 Å². The van der Waals surface area contributed by atoms with Crippen LogP contribution in [-0.2, 0) is 6.42 Å². The van der Waals surface area contributed by atoms with Crippen LogP contribution >= 0.6 is 38.5 Å². The van der Waals surface area contributed by atoms with Gasteiger partial charge in [-0.05, 0) is 83.1 Å². The van der Waals surface area contributed by atoms with Gasteiger partial charge in [-0.1, -0.05) is 22.9 Å². The largest absolute Gasteiger partial charge is 0.310 e. The van der Waals surface area contributed by atoms with Crippen LogP contribution in [-0.4, -0.2) is 6.54 Å². The second-order valence-corrected chi connectivity index (χ2v) is 6.79. The molecule has 0 bridgehead atoms. The Balaban J connectivity index is 2.35. The fraction of sp³-hybridized carbons (Fsp3) is 0.250. The summed E-state index contributed by atoms with van der Waals surface area (Å²) >= 11 is 5.72. The Labute approximate surface area is 145 Å². The zero-order chi connectivity index (χ0) is 15.4. The first-order valence-electron chi connectivity index (χ1n) is 6.63. The minimum absolute atomic E-state index is 0.0595. The zero-order valence-corrected chi connectivity index (χ0v) is 15.2. The summed E-state index contributed by atoms with van der Waals surface area (Å²) in [5.41, 5.74) is 1.47. The first-order chi connectivity index (χ1) is 10.0. The number of hydrogen-bond acceptors (Lipinski definition) is 1. The van der Waals surface area contributed by atoms with Gasteiger partial charge in [0.25, 0.3) is 0 Å². The zero-order valence-electron chi connectivity index (χ0n) is 11.5. The van der Waals surface area contributed by atoms with E-state index in [1.165, 1.54) is 12.1 Å². The molecule has 0 saturated heterocycles. The van der Waals surface area contributed by atoms with Crippen LogP contribution in [0.2, 0.25) is 0 Å². The molecule has 0 heterocycles. The van der Waals surface area contributed by atoms with Gasteiger partial charge in [0, 0.05) is 14.1 Å². The maximum Gasteiger partial charge on any atom is 0.126 e. The van der Waals surface area contributed by atoms with E-state index in [1.54, 1.807) is 0 Å². The molecule has 0 aliphatic heterocycles. The lowest BCUT2D eigenvalue weighted by atomic mass is 9.98. The summed E-state index contributed by atoms with van der Waals surface area (Å²) in [5, 5.41) is 3.35. The van der Waals surface area contributed by atoms with Crippen LogP contribution in [0.25, 0.3) is 0 Å². The summed E-state index contributed by atoms with van der Waals surface area (Å²) < 4.78 is 29.3. The van der Waals surface area contributed by atoms with Gasteiger partial charge in [0.2, 0.25) is 0 Å². The molecule has 112 valence electrons. The molecule has 1 unspecified atom stereocenters.